The lowest BCUT2D eigenvalue weighted by atomic mass is 9.83. The smallest absolute Gasteiger partial charge is 0.251 e. The third kappa shape index (κ3) is 3.13. The van der Waals surface area contributed by atoms with Gasteiger partial charge in [0, 0.05) is 18.0 Å². The van der Waals surface area contributed by atoms with E-state index in [1.807, 2.05) is 0 Å². The van der Waals surface area contributed by atoms with E-state index in [0.29, 0.717) is 18.0 Å². The molecule has 2 nitrogen and oxygen atoms in total. The molecule has 0 saturated heterocycles. The van der Waals surface area contributed by atoms with Gasteiger partial charge < -0.3 is 5.32 Å². The van der Waals surface area contributed by atoms with Crippen LogP contribution in [0.4, 0.5) is 4.39 Å². The van der Waals surface area contributed by atoms with Crippen LogP contribution < -0.4 is 5.32 Å². The van der Waals surface area contributed by atoms with Crippen LogP contribution in [0.5, 0.6) is 0 Å². The number of benzene rings is 2. The van der Waals surface area contributed by atoms with Gasteiger partial charge >= 0.3 is 0 Å². The van der Waals surface area contributed by atoms with E-state index in [-0.39, 0.29) is 11.7 Å². The van der Waals surface area contributed by atoms with Gasteiger partial charge in [0.15, 0.2) is 0 Å². The molecular formula is C18H18FNO. The fraction of sp³-hybridized carbons (Fsp3) is 0.278. The molecular weight excluding hydrogens is 265 g/mol. The standard InChI is InChI=1S/C18H18FNO/c19-16-10-8-14(9-11-16)18(21)20-12-15-6-3-5-13-4-1-2-7-17(13)15/h1-2,4,7-11,15H,3,5-6,12H2,(H,20,21). The van der Waals surface area contributed by atoms with Crippen molar-refractivity contribution in [2.45, 2.75) is 25.2 Å². The highest BCUT2D eigenvalue weighted by molar-refractivity contribution is 5.94. The van der Waals surface area contributed by atoms with Crippen LogP contribution in [0.1, 0.15) is 40.2 Å². The van der Waals surface area contributed by atoms with Crippen molar-refractivity contribution in [3.63, 3.8) is 0 Å². The van der Waals surface area contributed by atoms with Crippen molar-refractivity contribution in [3.05, 3.63) is 71.0 Å². The van der Waals surface area contributed by atoms with Crippen molar-refractivity contribution in [3.8, 4) is 0 Å². The summed E-state index contributed by atoms with van der Waals surface area (Å²) in [7, 11) is 0. The van der Waals surface area contributed by atoms with Crippen LogP contribution >= 0.6 is 0 Å². The number of hydrogen-bond acceptors (Lipinski definition) is 1. The molecule has 0 spiro atoms. The first-order valence-corrected chi connectivity index (χ1v) is 7.35. The largest absolute Gasteiger partial charge is 0.351 e. The zero-order valence-corrected chi connectivity index (χ0v) is 11.8. The second kappa shape index (κ2) is 6.08. The van der Waals surface area contributed by atoms with Crippen molar-refractivity contribution < 1.29 is 9.18 Å². The van der Waals surface area contributed by atoms with E-state index in [4.69, 9.17) is 0 Å². The molecule has 0 aliphatic heterocycles. The summed E-state index contributed by atoms with van der Waals surface area (Å²) < 4.78 is 12.9. The van der Waals surface area contributed by atoms with Crippen LogP contribution in [-0.4, -0.2) is 12.5 Å². The van der Waals surface area contributed by atoms with Gasteiger partial charge in [0.25, 0.3) is 5.91 Å². The van der Waals surface area contributed by atoms with E-state index in [9.17, 15) is 9.18 Å². The molecule has 0 radical (unpaired) electrons. The molecule has 1 unspecified atom stereocenters. The molecule has 0 fully saturated rings. The lowest BCUT2D eigenvalue weighted by Crippen LogP contribution is -2.29. The fourth-order valence-corrected chi connectivity index (χ4v) is 2.99. The number of carbonyl (C=O) groups is 1. The van der Waals surface area contributed by atoms with Gasteiger partial charge in [0.1, 0.15) is 5.82 Å². The van der Waals surface area contributed by atoms with E-state index in [1.54, 1.807) is 0 Å². The Morgan fingerprint density at radius 2 is 1.90 bits per heavy atom. The number of rotatable bonds is 3. The number of aryl methyl sites for hydroxylation is 1. The Labute approximate surface area is 124 Å². The summed E-state index contributed by atoms with van der Waals surface area (Å²) in [5.74, 6) is -0.0924. The van der Waals surface area contributed by atoms with E-state index < -0.39 is 0 Å². The average molecular weight is 283 g/mol. The summed E-state index contributed by atoms with van der Waals surface area (Å²) in [6, 6.07) is 14.1. The normalized spacial score (nSPS) is 17.1. The van der Waals surface area contributed by atoms with Crippen molar-refractivity contribution in [1.29, 1.82) is 0 Å². The number of halogens is 1. The first-order valence-electron chi connectivity index (χ1n) is 7.35. The molecule has 0 bridgehead atoms. The maximum Gasteiger partial charge on any atom is 0.251 e. The van der Waals surface area contributed by atoms with Gasteiger partial charge in [0.2, 0.25) is 0 Å². The monoisotopic (exact) mass is 283 g/mol. The predicted octanol–water partition coefficient (Wildman–Crippen LogP) is 3.68. The van der Waals surface area contributed by atoms with Gasteiger partial charge in [-0.3, -0.25) is 4.79 Å². The third-order valence-corrected chi connectivity index (χ3v) is 4.11. The predicted molar refractivity (Wildman–Crippen MR) is 80.9 cm³/mol. The molecule has 1 atom stereocenters. The summed E-state index contributed by atoms with van der Waals surface area (Å²) >= 11 is 0. The number of carbonyl (C=O) groups excluding carboxylic acids is 1. The average Bonchev–Trinajstić information content (AvgIpc) is 2.53. The van der Waals surface area contributed by atoms with Gasteiger partial charge in [-0.25, -0.2) is 4.39 Å². The van der Waals surface area contributed by atoms with Crippen LogP contribution in [0, 0.1) is 5.82 Å². The lowest BCUT2D eigenvalue weighted by Gasteiger charge is -2.25. The second-order valence-electron chi connectivity index (χ2n) is 5.50. The van der Waals surface area contributed by atoms with E-state index in [0.717, 1.165) is 19.3 Å². The molecule has 1 N–H and O–H groups in total. The Hall–Kier alpha value is -2.16. The third-order valence-electron chi connectivity index (χ3n) is 4.11. The van der Waals surface area contributed by atoms with E-state index in [2.05, 4.69) is 29.6 Å². The summed E-state index contributed by atoms with van der Waals surface area (Å²) in [6.07, 6.45) is 3.38. The minimum Gasteiger partial charge on any atom is -0.351 e. The van der Waals surface area contributed by atoms with Crippen LogP contribution in [-0.2, 0) is 6.42 Å². The number of fused-ring (bicyclic) bond motifs is 1. The highest BCUT2D eigenvalue weighted by atomic mass is 19.1. The molecule has 1 aliphatic rings. The van der Waals surface area contributed by atoms with E-state index in [1.165, 1.54) is 35.4 Å². The van der Waals surface area contributed by atoms with Gasteiger partial charge in [-0.15, -0.1) is 0 Å². The number of amides is 1. The first-order chi connectivity index (χ1) is 10.2. The molecule has 21 heavy (non-hydrogen) atoms. The quantitative estimate of drug-likeness (QED) is 0.914. The number of nitrogens with one attached hydrogen (secondary N) is 1. The lowest BCUT2D eigenvalue weighted by molar-refractivity contribution is 0.0950. The summed E-state index contributed by atoms with van der Waals surface area (Å²) in [6.45, 7) is 0.632. The van der Waals surface area contributed by atoms with Crippen molar-refractivity contribution in [1.82, 2.24) is 5.32 Å². The summed E-state index contributed by atoms with van der Waals surface area (Å²) in [5, 5.41) is 2.97. The highest BCUT2D eigenvalue weighted by Crippen LogP contribution is 2.30. The van der Waals surface area contributed by atoms with Gasteiger partial charge in [-0.2, -0.15) is 0 Å². The molecule has 1 aliphatic carbocycles. The Morgan fingerprint density at radius 3 is 2.71 bits per heavy atom. The SMILES string of the molecule is O=C(NCC1CCCc2ccccc21)c1ccc(F)cc1. The molecule has 108 valence electrons. The van der Waals surface area contributed by atoms with E-state index >= 15 is 0 Å². The molecule has 3 rings (SSSR count). The van der Waals surface area contributed by atoms with Crippen LogP contribution in [0.15, 0.2) is 48.5 Å². The topological polar surface area (TPSA) is 29.1 Å². The Kier molecular flexibility index (Phi) is 4.00. The van der Waals surface area contributed by atoms with Crippen molar-refractivity contribution in [2.24, 2.45) is 0 Å². The fourth-order valence-electron chi connectivity index (χ4n) is 2.99. The zero-order chi connectivity index (χ0) is 14.7. The molecule has 2 aromatic carbocycles. The maximum absolute atomic E-state index is 12.9. The van der Waals surface area contributed by atoms with Gasteiger partial charge in [-0.1, -0.05) is 24.3 Å². The van der Waals surface area contributed by atoms with Crippen molar-refractivity contribution in [2.75, 3.05) is 6.54 Å². The summed E-state index contributed by atoms with van der Waals surface area (Å²) in [5.41, 5.74) is 3.24. The van der Waals surface area contributed by atoms with Crippen LogP contribution in [0.3, 0.4) is 0 Å². The highest BCUT2D eigenvalue weighted by Gasteiger charge is 2.20. The van der Waals surface area contributed by atoms with Gasteiger partial charge in [-0.05, 0) is 54.7 Å². The Morgan fingerprint density at radius 1 is 1.14 bits per heavy atom. The van der Waals surface area contributed by atoms with Crippen LogP contribution in [0.2, 0.25) is 0 Å². The minimum atomic E-state index is -0.326. The molecule has 0 aromatic heterocycles. The first kappa shape index (κ1) is 13.8. The number of hydrogen-bond donors (Lipinski definition) is 1. The molecule has 3 heteroatoms. The molecule has 2 aromatic rings. The Bertz CT molecular complexity index is 636. The molecule has 1 amide bonds. The second-order valence-corrected chi connectivity index (χ2v) is 5.50. The Balaban J connectivity index is 1.66. The maximum atomic E-state index is 12.9. The zero-order valence-electron chi connectivity index (χ0n) is 11.8. The van der Waals surface area contributed by atoms with Crippen molar-refractivity contribution >= 4 is 5.91 Å². The molecule has 0 heterocycles. The molecule has 0 saturated carbocycles. The summed E-state index contributed by atoms with van der Waals surface area (Å²) in [4.78, 5) is 12.1. The minimum absolute atomic E-state index is 0.141. The van der Waals surface area contributed by atoms with Gasteiger partial charge in [0.05, 0.1) is 0 Å². The van der Waals surface area contributed by atoms with Crippen LogP contribution in [0.25, 0.3) is 0 Å².